The molecule has 0 bridgehead atoms. The molecule has 0 radical (unpaired) electrons. The van der Waals surface area contributed by atoms with Gasteiger partial charge in [-0.25, -0.2) is 0 Å². The number of aliphatic hydroxyl groups is 1. The first-order chi connectivity index (χ1) is 15.3. The number of carbonyl (C=O) groups is 2. The summed E-state index contributed by atoms with van der Waals surface area (Å²) in [4.78, 5) is 29.6. The highest BCUT2D eigenvalue weighted by molar-refractivity contribution is 9.10. The van der Waals surface area contributed by atoms with Crippen molar-refractivity contribution in [1.82, 2.24) is 9.80 Å². The largest absolute Gasteiger partial charge is 0.507 e. The summed E-state index contributed by atoms with van der Waals surface area (Å²) in [6.45, 7) is 3.83. The van der Waals surface area contributed by atoms with Gasteiger partial charge in [0.05, 0.1) is 18.2 Å². The Morgan fingerprint density at radius 2 is 1.88 bits per heavy atom. The average Bonchev–Trinajstić information content (AvgIpc) is 3.02. The van der Waals surface area contributed by atoms with E-state index >= 15 is 0 Å². The van der Waals surface area contributed by atoms with Gasteiger partial charge in [-0.2, -0.15) is 0 Å². The lowest BCUT2D eigenvalue weighted by molar-refractivity contribution is -0.139. The second-order valence-electron chi connectivity index (χ2n) is 8.08. The van der Waals surface area contributed by atoms with Gasteiger partial charge in [0.25, 0.3) is 11.7 Å². The van der Waals surface area contributed by atoms with Crippen LogP contribution in [0.3, 0.4) is 0 Å². The van der Waals surface area contributed by atoms with Gasteiger partial charge in [0, 0.05) is 16.6 Å². The second kappa shape index (κ2) is 10.8. The zero-order chi connectivity index (χ0) is 23.3. The first-order valence-electron chi connectivity index (χ1n) is 10.7. The van der Waals surface area contributed by atoms with Crippen LogP contribution in [0.2, 0.25) is 0 Å². The SMILES string of the molecule is CCCOc1ccc(/C(O)=C2\C(=O)C(=O)N(CCCN(C)C)C2c2cccc(Br)c2)cc1. The fourth-order valence-electron chi connectivity index (χ4n) is 3.78. The second-order valence-corrected chi connectivity index (χ2v) is 8.99. The summed E-state index contributed by atoms with van der Waals surface area (Å²) in [5, 5.41) is 11.1. The number of hydrogen-bond donors (Lipinski definition) is 1. The highest BCUT2D eigenvalue weighted by Gasteiger charge is 2.45. The maximum Gasteiger partial charge on any atom is 0.295 e. The lowest BCUT2D eigenvalue weighted by atomic mass is 9.95. The summed E-state index contributed by atoms with van der Waals surface area (Å²) in [5.41, 5.74) is 1.35. The molecule has 1 N–H and O–H groups in total. The van der Waals surface area contributed by atoms with E-state index in [-0.39, 0.29) is 11.3 Å². The van der Waals surface area contributed by atoms with E-state index in [0.29, 0.717) is 30.9 Å². The van der Waals surface area contributed by atoms with Crippen molar-refractivity contribution in [2.75, 3.05) is 33.8 Å². The third-order valence-electron chi connectivity index (χ3n) is 5.31. The number of halogens is 1. The Bertz CT molecular complexity index is 1000. The smallest absolute Gasteiger partial charge is 0.295 e. The lowest BCUT2D eigenvalue weighted by Gasteiger charge is -2.26. The maximum absolute atomic E-state index is 13.0. The molecule has 1 heterocycles. The van der Waals surface area contributed by atoms with Crippen LogP contribution >= 0.6 is 15.9 Å². The molecule has 2 aromatic carbocycles. The molecule has 0 aromatic heterocycles. The van der Waals surface area contributed by atoms with Crippen molar-refractivity contribution in [1.29, 1.82) is 0 Å². The summed E-state index contributed by atoms with van der Waals surface area (Å²) >= 11 is 3.47. The Kier molecular flexibility index (Phi) is 8.10. The van der Waals surface area contributed by atoms with Crippen LogP contribution in [0.5, 0.6) is 5.75 Å². The third-order valence-corrected chi connectivity index (χ3v) is 5.80. The first-order valence-corrected chi connectivity index (χ1v) is 11.5. The van der Waals surface area contributed by atoms with Crippen LogP contribution in [0, 0.1) is 0 Å². The minimum atomic E-state index is -0.663. The molecule has 0 saturated carbocycles. The molecule has 7 heteroatoms. The molecule has 1 unspecified atom stereocenters. The molecule has 1 fully saturated rings. The average molecular weight is 501 g/mol. The van der Waals surface area contributed by atoms with Crippen LogP contribution in [0.4, 0.5) is 0 Å². The van der Waals surface area contributed by atoms with Crippen LogP contribution < -0.4 is 4.74 Å². The van der Waals surface area contributed by atoms with Crippen molar-refractivity contribution in [2.24, 2.45) is 0 Å². The Morgan fingerprint density at radius 1 is 1.16 bits per heavy atom. The monoisotopic (exact) mass is 500 g/mol. The summed E-state index contributed by atoms with van der Waals surface area (Å²) < 4.78 is 6.44. The number of ether oxygens (including phenoxy) is 1. The van der Waals surface area contributed by atoms with Gasteiger partial charge >= 0.3 is 0 Å². The lowest BCUT2D eigenvalue weighted by Crippen LogP contribution is -2.32. The first kappa shape index (κ1) is 24.0. The Balaban J connectivity index is 2.02. The number of amides is 1. The molecular weight excluding hydrogens is 472 g/mol. The third kappa shape index (κ3) is 5.40. The van der Waals surface area contributed by atoms with Gasteiger partial charge in [-0.1, -0.05) is 35.0 Å². The highest BCUT2D eigenvalue weighted by atomic mass is 79.9. The quantitative estimate of drug-likeness (QED) is 0.309. The zero-order valence-electron chi connectivity index (χ0n) is 18.7. The van der Waals surface area contributed by atoms with Gasteiger partial charge in [0.15, 0.2) is 0 Å². The normalized spacial score (nSPS) is 17.9. The maximum atomic E-state index is 13.0. The molecule has 0 aliphatic carbocycles. The van der Waals surface area contributed by atoms with E-state index < -0.39 is 17.7 Å². The number of aliphatic hydroxyl groups excluding tert-OH is 1. The minimum Gasteiger partial charge on any atom is -0.507 e. The van der Waals surface area contributed by atoms with Gasteiger partial charge in [-0.3, -0.25) is 9.59 Å². The number of hydrogen-bond acceptors (Lipinski definition) is 5. The van der Waals surface area contributed by atoms with Crippen molar-refractivity contribution in [3.05, 3.63) is 69.7 Å². The number of carbonyl (C=O) groups excluding carboxylic acids is 2. The molecule has 32 heavy (non-hydrogen) atoms. The van der Waals surface area contributed by atoms with Gasteiger partial charge < -0.3 is 19.6 Å². The Morgan fingerprint density at radius 3 is 2.50 bits per heavy atom. The molecule has 170 valence electrons. The number of rotatable bonds is 9. The molecule has 1 amide bonds. The van der Waals surface area contributed by atoms with E-state index in [2.05, 4.69) is 15.9 Å². The summed E-state index contributed by atoms with van der Waals surface area (Å²) in [6, 6.07) is 13.8. The molecule has 1 saturated heterocycles. The molecule has 1 atom stereocenters. The molecule has 1 aliphatic heterocycles. The Labute approximate surface area is 197 Å². The van der Waals surface area contributed by atoms with Crippen LogP contribution in [0.1, 0.15) is 36.9 Å². The zero-order valence-corrected chi connectivity index (χ0v) is 20.3. The van der Waals surface area contributed by atoms with Gasteiger partial charge in [0.2, 0.25) is 0 Å². The number of likely N-dealkylation sites (tertiary alicyclic amines) is 1. The Hall–Kier alpha value is -2.64. The van der Waals surface area contributed by atoms with E-state index in [4.69, 9.17) is 4.74 Å². The fourth-order valence-corrected chi connectivity index (χ4v) is 4.19. The number of benzene rings is 2. The molecule has 1 aliphatic rings. The van der Waals surface area contributed by atoms with Crippen molar-refractivity contribution >= 4 is 33.4 Å². The van der Waals surface area contributed by atoms with E-state index in [1.165, 1.54) is 0 Å². The number of nitrogens with zero attached hydrogens (tertiary/aromatic N) is 2. The van der Waals surface area contributed by atoms with E-state index in [1.54, 1.807) is 29.2 Å². The van der Waals surface area contributed by atoms with Crippen LogP contribution in [0.15, 0.2) is 58.6 Å². The molecule has 3 rings (SSSR count). The van der Waals surface area contributed by atoms with Crippen LogP contribution in [0.25, 0.3) is 5.76 Å². The van der Waals surface area contributed by atoms with Gasteiger partial charge in [-0.15, -0.1) is 0 Å². The molecule has 0 spiro atoms. The molecule has 2 aromatic rings. The van der Waals surface area contributed by atoms with E-state index in [0.717, 1.165) is 23.0 Å². The minimum absolute atomic E-state index is 0.111. The summed E-state index contributed by atoms with van der Waals surface area (Å²) in [6.07, 6.45) is 1.61. The predicted molar refractivity (Wildman–Crippen MR) is 129 cm³/mol. The predicted octanol–water partition coefficient (Wildman–Crippen LogP) is 4.61. The van der Waals surface area contributed by atoms with Crippen LogP contribution in [-0.2, 0) is 9.59 Å². The van der Waals surface area contributed by atoms with Gasteiger partial charge in [-0.05, 0) is 75.4 Å². The number of ketones is 1. The number of Topliss-reactive ketones (excluding diaryl/α,β-unsaturated/α-hetero) is 1. The van der Waals surface area contributed by atoms with Crippen LogP contribution in [-0.4, -0.2) is 60.4 Å². The summed E-state index contributed by atoms with van der Waals surface area (Å²) in [5.74, 6) is -0.733. The van der Waals surface area contributed by atoms with Crippen molar-refractivity contribution in [3.63, 3.8) is 0 Å². The van der Waals surface area contributed by atoms with Crippen molar-refractivity contribution in [2.45, 2.75) is 25.8 Å². The van der Waals surface area contributed by atoms with E-state index in [1.807, 2.05) is 50.2 Å². The van der Waals surface area contributed by atoms with Gasteiger partial charge in [0.1, 0.15) is 11.5 Å². The standard InChI is InChI=1S/C25H29BrN2O4/c1-4-15-32-20-11-9-17(10-12-20)23(29)21-22(18-7-5-8-19(26)16-18)28(25(31)24(21)30)14-6-13-27(2)3/h5,7-12,16,22,29H,4,6,13-15H2,1-3H3/b23-21+. The van der Waals surface area contributed by atoms with E-state index in [9.17, 15) is 14.7 Å². The molecular formula is C25H29BrN2O4. The summed E-state index contributed by atoms with van der Waals surface area (Å²) in [7, 11) is 3.93. The van der Waals surface area contributed by atoms with Crippen molar-refractivity contribution < 1.29 is 19.4 Å². The highest BCUT2D eigenvalue weighted by Crippen LogP contribution is 2.40. The fraction of sp³-hybridized carbons (Fsp3) is 0.360. The molecule has 6 nitrogen and oxygen atoms in total. The van der Waals surface area contributed by atoms with Crippen molar-refractivity contribution in [3.8, 4) is 5.75 Å². The topological polar surface area (TPSA) is 70.1 Å².